The topological polar surface area (TPSA) is 92.5 Å². The van der Waals surface area contributed by atoms with Crippen LogP contribution >= 0.6 is 0 Å². The summed E-state index contributed by atoms with van der Waals surface area (Å²) in [5, 5.41) is 6.74. The Morgan fingerprint density at radius 2 is 2.15 bits per heavy atom. The van der Waals surface area contributed by atoms with Crippen LogP contribution in [0.15, 0.2) is 33.7 Å². The number of aromatic nitrogens is 1. The van der Waals surface area contributed by atoms with Gasteiger partial charge >= 0.3 is 0 Å². The minimum Gasteiger partial charge on any atom is -0.361 e. The SMILES string of the molecule is CCCc1cc([C@@H]2CCCN2S(=O)(=O)c2cc(C)ccc2NC(C)=O)no1. The molecule has 2 aromatic rings. The molecule has 0 radical (unpaired) electrons. The highest BCUT2D eigenvalue weighted by Gasteiger charge is 2.39. The molecular weight excluding hydrogens is 366 g/mol. The monoisotopic (exact) mass is 391 g/mol. The third-order valence-electron chi connectivity index (χ3n) is 4.65. The third kappa shape index (κ3) is 4.06. The molecule has 0 spiro atoms. The molecule has 1 aromatic heterocycles. The van der Waals surface area contributed by atoms with E-state index in [1.165, 1.54) is 11.2 Å². The first kappa shape index (κ1) is 19.6. The molecular formula is C19H25N3O4S. The van der Waals surface area contributed by atoms with Crippen molar-refractivity contribution in [2.75, 3.05) is 11.9 Å². The lowest BCUT2D eigenvalue weighted by molar-refractivity contribution is -0.114. The number of rotatable bonds is 6. The number of aryl methyl sites for hydroxylation is 2. The van der Waals surface area contributed by atoms with E-state index in [-0.39, 0.29) is 16.8 Å². The quantitative estimate of drug-likeness (QED) is 0.814. The van der Waals surface area contributed by atoms with Crippen LogP contribution in [0.4, 0.5) is 5.69 Å². The van der Waals surface area contributed by atoms with Crippen LogP contribution in [0.25, 0.3) is 0 Å². The van der Waals surface area contributed by atoms with E-state index in [4.69, 9.17) is 4.52 Å². The average Bonchev–Trinajstić information content (AvgIpc) is 3.25. The van der Waals surface area contributed by atoms with Crippen LogP contribution in [0.1, 0.15) is 56.2 Å². The zero-order chi connectivity index (χ0) is 19.6. The van der Waals surface area contributed by atoms with Crippen molar-refractivity contribution < 1.29 is 17.7 Å². The molecule has 3 rings (SSSR count). The van der Waals surface area contributed by atoms with Crippen LogP contribution in [0.5, 0.6) is 0 Å². The fourth-order valence-electron chi connectivity index (χ4n) is 3.44. The van der Waals surface area contributed by atoms with Crippen LogP contribution < -0.4 is 5.32 Å². The molecule has 0 saturated carbocycles. The fraction of sp³-hybridized carbons (Fsp3) is 0.474. The molecule has 1 aliphatic heterocycles. The second-order valence-electron chi connectivity index (χ2n) is 6.92. The summed E-state index contributed by atoms with van der Waals surface area (Å²) in [4.78, 5) is 11.6. The Morgan fingerprint density at radius 3 is 2.85 bits per heavy atom. The highest BCUT2D eigenvalue weighted by molar-refractivity contribution is 7.89. The van der Waals surface area contributed by atoms with Gasteiger partial charge in [-0.25, -0.2) is 8.42 Å². The van der Waals surface area contributed by atoms with Crippen molar-refractivity contribution in [2.45, 2.75) is 57.4 Å². The molecule has 27 heavy (non-hydrogen) atoms. The van der Waals surface area contributed by atoms with Gasteiger partial charge in [0.1, 0.15) is 16.3 Å². The maximum atomic E-state index is 13.4. The normalized spacial score (nSPS) is 18.0. The van der Waals surface area contributed by atoms with Gasteiger partial charge in [0, 0.05) is 26.0 Å². The molecule has 1 fully saturated rings. The van der Waals surface area contributed by atoms with Gasteiger partial charge in [0.25, 0.3) is 0 Å². The molecule has 1 amide bonds. The van der Waals surface area contributed by atoms with Gasteiger partial charge in [-0.05, 0) is 43.9 Å². The molecule has 8 heteroatoms. The molecule has 7 nitrogen and oxygen atoms in total. The lowest BCUT2D eigenvalue weighted by Crippen LogP contribution is -2.31. The fourth-order valence-corrected chi connectivity index (χ4v) is 5.34. The number of hydrogen-bond donors (Lipinski definition) is 1. The summed E-state index contributed by atoms with van der Waals surface area (Å²) in [5.74, 6) is 0.459. The van der Waals surface area contributed by atoms with Crippen LogP contribution in [0.2, 0.25) is 0 Å². The van der Waals surface area contributed by atoms with E-state index < -0.39 is 10.0 Å². The molecule has 1 aromatic carbocycles. The summed E-state index contributed by atoms with van der Waals surface area (Å²) in [5.41, 5.74) is 1.75. The van der Waals surface area contributed by atoms with Crippen LogP contribution in [0.3, 0.4) is 0 Å². The molecule has 0 bridgehead atoms. The van der Waals surface area contributed by atoms with Gasteiger partial charge < -0.3 is 9.84 Å². The minimum atomic E-state index is -3.80. The number of benzene rings is 1. The van der Waals surface area contributed by atoms with E-state index in [2.05, 4.69) is 17.4 Å². The summed E-state index contributed by atoms with van der Waals surface area (Å²) >= 11 is 0. The van der Waals surface area contributed by atoms with Crippen molar-refractivity contribution in [2.24, 2.45) is 0 Å². The van der Waals surface area contributed by atoms with Gasteiger partial charge in [-0.3, -0.25) is 4.79 Å². The van der Waals surface area contributed by atoms with Crippen molar-refractivity contribution in [3.05, 3.63) is 41.3 Å². The smallest absolute Gasteiger partial charge is 0.245 e. The molecule has 0 unspecified atom stereocenters. The second-order valence-corrected chi connectivity index (χ2v) is 8.78. The van der Waals surface area contributed by atoms with E-state index in [9.17, 15) is 13.2 Å². The predicted octanol–water partition coefficient (Wildman–Crippen LogP) is 3.42. The van der Waals surface area contributed by atoms with Crippen molar-refractivity contribution in [1.82, 2.24) is 9.46 Å². The summed E-state index contributed by atoms with van der Waals surface area (Å²) < 4.78 is 33.7. The maximum absolute atomic E-state index is 13.4. The van der Waals surface area contributed by atoms with E-state index in [0.29, 0.717) is 24.3 Å². The van der Waals surface area contributed by atoms with Crippen molar-refractivity contribution in [1.29, 1.82) is 0 Å². The third-order valence-corrected chi connectivity index (χ3v) is 6.60. The zero-order valence-electron chi connectivity index (χ0n) is 15.9. The number of amides is 1. The number of carbonyl (C=O) groups excluding carboxylic acids is 1. The van der Waals surface area contributed by atoms with Crippen LogP contribution in [-0.2, 0) is 21.2 Å². The van der Waals surface area contributed by atoms with Crippen molar-refractivity contribution >= 4 is 21.6 Å². The second kappa shape index (κ2) is 7.82. The molecule has 146 valence electrons. The zero-order valence-corrected chi connectivity index (χ0v) is 16.7. The van der Waals surface area contributed by atoms with E-state index in [0.717, 1.165) is 30.6 Å². The van der Waals surface area contributed by atoms with Crippen LogP contribution in [0, 0.1) is 6.92 Å². The molecule has 0 aliphatic carbocycles. The van der Waals surface area contributed by atoms with Gasteiger partial charge in [0.2, 0.25) is 15.9 Å². The molecule has 1 saturated heterocycles. The van der Waals surface area contributed by atoms with E-state index >= 15 is 0 Å². The summed E-state index contributed by atoms with van der Waals surface area (Å²) in [7, 11) is -3.80. The predicted molar refractivity (Wildman–Crippen MR) is 102 cm³/mol. The Morgan fingerprint density at radius 1 is 1.37 bits per heavy atom. The van der Waals surface area contributed by atoms with E-state index in [1.807, 2.05) is 13.0 Å². The number of hydrogen-bond acceptors (Lipinski definition) is 5. The summed E-state index contributed by atoms with van der Waals surface area (Å²) in [6, 6.07) is 6.51. The number of nitrogens with one attached hydrogen (secondary N) is 1. The average molecular weight is 391 g/mol. The largest absolute Gasteiger partial charge is 0.361 e. The summed E-state index contributed by atoms with van der Waals surface area (Å²) in [6.07, 6.45) is 3.15. The number of nitrogens with zero attached hydrogens (tertiary/aromatic N) is 2. The standard InChI is InChI=1S/C19H25N3O4S/c1-4-6-15-12-17(21-26-15)18-7-5-10-22(18)27(24,25)19-11-13(2)8-9-16(19)20-14(3)23/h8-9,11-12,18H,4-7,10H2,1-3H3,(H,20,23)/t18-/m0/s1. The lowest BCUT2D eigenvalue weighted by Gasteiger charge is -2.24. The molecule has 1 atom stereocenters. The first-order valence-electron chi connectivity index (χ1n) is 9.18. The number of carbonyl (C=O) groups is 1. The van der Waals surface area contributed by atoms with Gasteiger partial charge in [0.15, 0.2) is 0 Å². The van der Waals surface area contributed by atoms with Crippen LogP contribution in [-0.4, -0.2) is 30.3 Å². The highest BCUT2D eigenvalue weighted by atomic mass is 32.2. The Kier molecular flexibility index (Phi) is 5.67. The summed E-state index contributed by atoms with van der Waals surface area (Å²) in [6.45, 7) is 5.65. The Labute approximate surface area is 159 Å². The minimum absolute atomic E-state index is 0.113. The van der Waals surface area contributed by atoms with Crippen molar-refractivity contribution in [3.63, 3.8) is 0 Å². The van der Waals surface area contributed by atoms with Gasteiger partial charge in [0.05, 0.1) is 11.7 Å². The van der Waals surface area contributed by atoms with Gasteiger partial charge in [-0.1, -0.05) is 18.1 Å². The van der Waals surface area contributed by atoms with Gasteiger partial charge in [-0.15, -0.1) is 0 Å². The molecule has 2 heterocycles. The molecule has 1 aliphatic rings. The number of sulfonamides is 1. The first-order chi connectivity index (χ1) is 12.8. The van der Waals surface area contributed by atoms with E-state index in [1.54, 1.807) is 18.2 Å². The maximum Gasteiger partial charge on any atom is 0.245 e. The highest BCUT2D eigenvalue weighted by Crippen LogP contribution is 2.38. The van der Waals surface area contributed by atoms with Gasteiger partial charge in [-0.2, -0.15) is 4.31 Å². The Bertz CT molecular complexity index is 936. The first-order valence-corrected chi connectivity index (χ1v) is 10.6. The number of anilines is 1. The molecule has 1 N–H and O–H groups in total. The Balaban J connectivity index is 1.98. The Hall–Kier alpha value is -2.19. The lowest BCUT2D eigenvalue weighted by atomic mass is 10.1. The van der Waals surface area contributed by atoms with Crippen molar-refractivity contribution in [3.8, 4) is 0 Å².